The van der Waals surface area contributed by atoms with E-state index in [1.54, 1.807) is 4.90 Å². The lowest BCUT2D eigenvalue weighted by atomic mass is 10.00. The Labute approximate surface area is 190 Å². The van der Waals surface area contributed by atoms with Crippen LogP contribution in [0.1, 0.15) is 45.1 Å². The summed E-state index contributed by atoms with van der Waals surface area (Å²) in [7, 11) is 0. The first-order valence-corrected chi connectivity index (χ1v) is 10.8. The Kier molecular flexibility index (Phi) is 8.87. The second-order valence-corrected chi connectivity index (χ2v) is 8.05. The lowest BCUT2D eigenvalue weighted by Gasteiger charge is -2.28. The van der Waals surface area contributed by atoms with Gasteiger partial charge in [-0.05, 0) is 42.0 Å². The van der Waals surface area contributed by atoms with Crippen LogP contribution in [0.2, 0.25) is 0 Å². The van der Waals surface area contributed by atoms with Gasteiger partial charge in [-0.3, -0.25) is 14.4 Å². The molecule has 2 aromatic rings. The first-order chi connectivity index (χ1) is 14.4. The molecule has 0 spiro atoms. The summed E-state index contributed by atoms with van der Waals surface area (Å²) >= 11 is 0. The second kappa shape index (κ2) is 11.1. The van der Waals surface area contributed by atoms with Crippen LogP contribution in [0.25, 0.3) is 10.8 Å². The molecule has 31 heavy (non-hydrogen) atoms. The molecule has 0 saturated carbocycles. The molecule has 2 aromatic carbocycles. The van der Waals surface area contributed by atoms with Gasteiger partial charge in [-0.15, -0.1) is 12.4 Å². The molecule has 1 saturated heterocycles. The summed E-state index contributed by atoms with van der Waals surface area (Å²) in [4.78, 5) is 39.5. The van der Waals surface area contributed by atoms with Crippen molar-refractivity contribution < 1.29 is 14.4 Å². The molecular weight excluding hydrogens is 414 g/mol. The zero-order valence-corrected chi connectivity index (χ0v) is 19.0. The Hall–Kier alpha value is -2.60. The van der Waals surface area contributed by atoms with E-state index in [-0.39, 0.29) is 30.1 Å². The molecule has 0 aliphatic carbocycles. The molecule has 3 rings (SSSR count). The number of fused-ring (bicyclic) bond motifs is 1. The normalized spacial score (nSPS) is 16.7. The molecule has 1 heterocycles. The van der Waals surface area contributed by atoms with Crippen molar-refractivity contribution in [3.05, 3.63) is 48.0 Å². The maximum atomic E-state index is 13.0. The van der Waals surface area contributed by atoms with Gasteiger partial charge in [-0.25, -0.2) is 0 Å². The number of hydrogen-bond acceptors (Lipinski definition) is 3. The van der Waals surface area contributed by atoms with Crippen molar-refractivity contribution in [3.8, 4) is 0 Å². The maximum Gasteiger partial charge on any atom is 0.243 e. The van der Waals surface area contributed by atoms with Crippen LogP contribution >= 0.6 is 12.4 Å². The molecule has 1 aliphatic heterocycles. The number of nitrogens with one attached hydrogen (secondary N) is 1. The minimum Gasteiger partial charge on any atom is -0.368 e. The van der Waals surface area contributed by atoms with E-state index in [4.69, 9.17) is 5.73 Å². The average molecular weight is 446 g/mol. The van der Waals surface area contributed by atoms with Gasteiger partial charge < -0.3 is 16.0 Å². The van der Waals surface area contributed by atoms with Crippen LogP contribution in [-0.2, 0) is 20.8 Å². The van der Waals surface area contributed by atoms with Crippen molar-refractivity contribution >= 4 is 40.9 Å². The van der Waals surface area contributed by atoms with Gasteiger partial charge in [0.05, 0.1) is 0 Å². The van der Waals surface area contributed by atoms with Crippen molar-refractivity contribution in [2.24, 2.45) is 11.7 Å². The molecule has 6 nitrogen and oxygen atoms in total. The maximum absolute atomic E-state index is 13.0. The van der Waals surface area contributed by atoms with Crippen LogP contribution in [0.5, 0.6) is 0 Å². The van der Waals surface area contributed by atoms with E-state index >= 15 is 0 Å². The summed E-state index contributed by atoms with van der Waals surface area (Å²) in [6.45, 7) is 4.56. The fourth-order valence-electron chi connectivity index (χ4n) is 4.27. The van der Waals surface area contributed by atoms with Crippen molar-refractivity contribution in [3.63, 3.8) is 0 Å². The first kappa shape index (κ1) is 24.7. The lowest BCUT2D eigenvalue weighted by Crippen LogP contribution is -2.53. The Balaban J connectivity index is 0.00000341. The number of amides is 3. The molecule has 3 amide bonds. The fraction of sp³-hybridized carbons (Fsp3) is 0.458. The van der Waals surface area contributed by atoms with Gasteiger partial charge in [0.1, 0.15) is 12.1 Å². The van der Waals surface area contributed by atoms with Gasteiger partial charge in [0.25, 0.3) is 0 Å². The third-order valence-electron chi connectivity index (χ3n) is 6.09. The van der Waals surface area contributed by atoms with Crippen LogP contribution in [0.15, 0.2) is 42.5 Å². The predicted octanol–water partition coefficient (Wildman–Crippen LogP) is 3.20. The summed E-state index contributed by atoms with van der Waals surface area (Å²) < 4.78 is 0. The number of carbonyl (C=O) groups excluding carboxylic acids is 3. The van der Waals surface area contributed by atoms with Gasteiger partial charge in [0.2, 0.25) is 17.7 Å². The largest absolute Gasteiger partial charge is 0.368 e. The second-order valence-electron chi connectivity index (χ2n) is 8.05. The highest BCUT2D eigenvalue weighted by Crippen LogP contribution is 2.23. The van der Waals surface area contributed by atoms with Crippen molar-refractivity contribution in [1.82, 2.24) is 10.2 Å². The van der Waals surface area contributed by atoms with E-state index in [1.807, 2.05) is 56.3 Å². The van der Waals surface area contributed by atoms with Crippen molar-refractivity contribution in [1.29, 1.82) is 0 Å². The van der Waals surface area contributed by atoms with Gasteiger partial charge in [0, 0.05) is 18.9 Å². The Morgan fingerprint density at radius 2 is 1.77 bits per heavy atom. The van der Waals surface area contributed by atoms with Gasteiger partial charge in [-0.2, -0.15) is 0 Å². The minimum atomic E-state index is -0.815. The number of nitrogens with zero attached hydrogens (tertiary/aromatic N) is 1. The summed E-state index contributed by atoms with van der Waals surface area (Å²) in [6, 6.07) is 12.6. The number of halogens is 1. The molecule has 1 unspecified atom stereocenters. The van der Waals surface area contributed by atoms with Crippen molar-refractivity contribution in [2.75, 3.05) is 6.54 Å². The zero-order valence-electron chi connectivity index (χ0n) is 18.2. The third-order valence-corrected chi connectivity index (χ3v) is 6.09. The fourth-order valence-corrected chi connectivity index (χ4v) is 4.27. The van der Waals surface area contributed by atoms with E-state index in [2.05, 4.69) is 5.32 Å². The number of primary amides is 1. The average Bonchev–Trinajstić information content (AvgIpc) is 3.24. The Bertz CT molecular complexity index is 929. The van der Waals surface area contributed by atoms with Crippen LogP contribution in [0.4, 0.5) is 0 Å². The topological polar surface area (TPSA) is 92.5 Å². The molecule has 3 N–H and O–H groups in total. The van der Waals surface area contributed by atoms with Gasteiger partial charge in [-0.1, -0.05) is 56.3 Å². The Morgan fingerprint density at radius 1 is 1.10 bits per heavy atom. The number of nitrogens with two attached hydrogens (primary N) is 1. The van der Waals surface area contributed by atoms with E-state index in [1.165, 1.54) is 0 Å². The summed E-state index contributed by atoms with van der Waals surface area (Å²) in [5, 5.41) is 4.99. The molecule has 1 fully saturated rings. The number of likely N-dealkylation sites (tertiary alicyclic amines) is 1. The molecule has 1 aliphatic rings. The molecule has 2 atom stereocenters. The molecule has 168 valence electrons. The smallest absolute Gasteiger partial charge is 0.243 e. The monoisotopic (exact) mass is 445 g/mol. The quantitative estimate of drug-likeness (QED) is 0.653. The van der Waals surface area contributed by atoms with Crippen LogP contribution in [-0.4, -0.2) is 41.2 Å². The zero-order chi connectivity index (χ0) is 21.7. The molecule has 7 heteroatoms. The molecule has 0 bridgehead atoms. The van der Waals surface area contributed by atoms with Crippen molar-refractivity contribution in [2.45, 2.75) is 58.0 Å². The number of carbonyl (C=O) groups is 3. The predicted molar refractivity (Wildman–Crippen MR) is 125 cm³/mol. The van der Waals surface area contributed by atoms with Crippen LogP contribution in [0, 0.1) is 5.92 Å². The van der Waals surface area contributed by atoms with E-state index in [9.17, 15) is 14.4 Å². The first-order valence-electron chi connectivity index (χ1n) is 10.8. The highest BCUT2D eigenvalue weighted by molar-refractivity contribution is 5.92. The SMILES string of the molecule is CCC(CC)C(=O)N1CCC[C@H]1C(=O)NC(Cc1ccc2ccccc2c1)C(N)=O.Cl. The van der Waals surface area contributed by atoms with Crippen LogP contribution in [0.3, 0.4) is 0 Å². The van der Waals surface area contributed by atoms with E-state index < -0.39 is 18.0 Å². The summed E-state index contributed by atoms with van der Waals surface area (Å²) in [5.41, 5.74) is 6.52. The van der Waals surface area contributed by atoms with Gasteiger partial charge >= 0.3 is 0 Å². The minimum absolute atomic E-state index is 0. The highest BCUT2D eigenvalue weighted by atomic mass is 35.5. The number of hydrogen-bond donors (Lipinski definition) is 2. The third kappa shape index (κ3) is 5.76. The standard InChI is InChI=1S/C24H31N3O3.ClH/c1-3-17(4-2)24(30)27-13-7-10-21(27)23(29)26-20(22(25)28)15-16-11-12-18-8-5-6-9-19(18)14-16;/h5-6,8-9,11-12,14,17,20-21H,3-4,7,10,13,15H2,1-2H3,(H2,25,28)(H,26,29);1H/t20?,21-;/m0./s1. The summed E-state index contributed by atoms with van der Waals surface area (Å²) in [6.07, 6.45) is 3.23. The van der Waals surface area contributed by atoms with E-state index in [0.29, 0.717) is 19.4 Å². The van der Waals surface area contributed by atoms with Gasteiger partial charge in [0.15, 0.2) is 0 Å². The summed E-state index contributed by atoms with van der Waals surface area (Å²) in [5.74, 6) is -0.908. The highest BCUT2D eigenvalue weighted by Gasteiger charge is 2.37. The molecular formula is C24H32ClN3O3. The molecule has 0 radical (unpaired) electrons. The van der Waals surface area contributed by atoms with E-state index in [0.717, 1.165) is 35.6 Å². The molecule has 0 aromatic heterocycles. The Morgan fingerprint density at radius 3 is 2.42 bits per heavy atom. The number of rotatable bonds is 8. The number of benzene rings is 2. The lowest BCUT2D eigenvalue weighted by molar-refractivity contribution is -0.142. The van der Waals surface area contributed by atoms with Crippen LogP contribution < -0.4 is 11.1 Å².